The third-order valence-electron chi connectivity index (χ3n) is 2.09. The third-order valence-corrected chi connectivity index (χ3v) is 2.09. The largest absolute Gasteiger partial charge is 0.636 e. The molecule has 0 aromatic heterocycles. The van der Waals surface area contributed by atoms with Crippen molar-refractivity contribution >= 4 is 7.32 Å². The summed E-state index contributed by atoms with van der Waals surface area (Å²) in [6.07, 6.45) is 4.08. The Hall–Kier alpha value is -0.175. The number of hydrogen-bond acceptors (Lipinski definition) is 6. The van der Waals surface area contributed by atoms with Crippen molar-refractivity contribution < 1.29 is 24.5 Å². The van der Waals surface area contributed by atoms with Gasteiger partial charge in [-0.3, -0.25) is 0 Å². The van der Waals surface area contributed by atoms with E-state index in [1.54, 1.807) is 0 Å². The zero-order valence-electron chi connectivity index (χ0n) is 12.3. The second kappa shape index (κ2) is 20.1. The van der Waals surface area contributed by atoms with Crippen LogP contribution in [0.15, 0.2) is 0 Å². The van der Waals surface area contributed by atoms with Crippen LogP contribution in [-0.2, 0) is 9.31 Å². The molecule has 6 nitrogen and oxygen atoms in total. The van der Waals surface area contributed by atoms with E-state index in [0.717, 1.165) is 25.7 Å². The number of unbranched alkanes of at least 4 members (excludes halogenated alkanes) is 2. The molecule has 19 heavy (non-hydrogen) atoms. The van der Waals surface area contributed by atoms with Crippen molar-refractivity contribution in [3.05, 3.63) is 0 Å². The van der Waals surface area contributed by atoms with Crippen LogP contribution in [0.1, 0.15) is 39.5 Å². The fourth-order valence-electron chi connectivity index (χ4n) is 0.988. The lowest BCUT2D eigenvalue weighted by molar-refractivity contribution is 0.130. The summed E-state index contributed by atoms with van der Waals surface area (Å²) < 4.78 is 9.92. The molecule has 0 unspecified atom stereocenters. The summed E-state index contributed by atoms with van der Waals surface area (Å²) in [6.45, 7) is 6.72. The minimum atomic E-state index is -1.02. The predicted molar refractivity (Wildman–Crippen MR) is 76.7 cm³/mol. The first kappa shape index (κ1) is 21.1. The minimum absolute atomic E-state index is 0.139. The Balaban J connectivity index is 0. The maximum absolute atomic E-state index is 9.06. The van der Waals surface area contributed by atoms with Crippen LogP contribution in [0.2, 0.25) is 0 Å². The van der Waals surface area contributed by atoms with Gasteiger partial charge in [-0.25, -0.2) is 0 Å². The van der Waals surface area contributed by atoms with E-state index >= 15 is 0 Å². The average Bonchev–Trinajstić information content (AvgIpc) is 2.41. The molecule has 0 aliphatic rings. The highest BCUT2D eigenvalue weighted by atomic mass is 16.7. The standard InChI is InChI=1S/C8H19BO3.C4H11NO2/c1-3-5-7-11-9(10)12-8-6-4-2;6-3-1-5-2-4-7/h10H,3-8H2,1-2H3;5-7H,1-4H2. The Labute approximate surface area is 117 Å². The molecule has 0 saturated carbocycles. The molecule has 0 radical (unpaired) electrons. The van der Waals surface area contributed by atoms with Gasteiger partial charge in [-0.15, -0.1) is 0 Å². The van der Waals surface area contributed by atoms with Gasteiger partial charge in [0.25, 0.3) is 0 Å². The first-order valence-corrected chi connectivity index (χ1v) is 7.06. The number of aliphatic hydroxyl groups is 2. The van der Waals surface area contributed by atoms with E-state index in [0.29, 0.717) is 26.3 Å². The van der Waals surface area contributed by atoms with Gasteiger partial charge in [-0.2, -0.15) is 0 Å². The van der Waals surface area contributed by atoms with Crippen molar-refractivity contribution in [3.8, 4) is 0 Å². The number of rotatable bonds is 12. The fraction of sp³-hybridized carbons (Fsp3) is 1.00. The van der Waals surface area contributed by atoms with Crippen LogP contribution >= 0.6 is 0 Å². The minimum Gasteiger partial charge on any atom is -0.402 e. The first-order chi connectivity index (χ1) is 9.22. The molecule has 0 spiro atoms. The second-order valence-electron chi connectivity index (χ2n) is 3.95. The van der Waals surface area contributed by atoms with Crippen LogP contribution in [-0.4, -0.2) is 62.1 Å². The van der Waals surface area contributed by atoms with Gasteiger partial charge in [0.05, 0.1) is 13.2 Å². The van der Waals surface area contributed by atoms with Crippen LogP contribution < -0.4 is 5.32 Å². The highest BCUT2D eigenvalue weighted by molar-refractivity contribution is 6.34. The van der Waals surface area contributed by atoms with E-state index in [1.807, 2.05) is 0 Å². The third kappa shape index (κ3) is 23.4. The lowest BCUT2D eigenvalue weighted by Crippen LogP contribution is -2.23. The molecule has 0 saturated heterocycles. The number of nitrogens with one attached hydrogen (secondary N) is 1. The molecule has 0 amide bonds. The molecule has 0 heterocycles. The van der Waals surface area contributed by atoms with Crippen LogP contribution in [0.5, 0.6) is 0 Å². The Morgan fingerprint density at radius 1 is 0.895 bits per heavy atom. The fourth-order valence-corrected chi connectivity index (χ4v) is 0.988. The molecule has 0 aliphatic carbocycles. The Morgan fingerprint density at radius 3 is 1.63 bits per heavy atom. The van der Waals surface area contributed by atoms with Gasteiger partial charge < -0.3 is 29.9 Å². The molecular formula is C12H30BNO5. The Morgan fingerprint density at radius 2 is 1.32 bits per heavy atom. The van der Waals surface area contributed by atoms with Gasteiger partial charge in [0, 0.05) is 26.3 Å². The maximum atomic E-state index is 9.06. The van der Waals surface area contributed by atoms with Crippen LogP contribution in [0.3, 0.4) is 0 Å². The topological polar surface area (TPSA) is 91.2 Å². The van der Waals surface area contributed by atoms with Crippen LogP contribution in [0.25, 0.3) is 0 Å². The van der Waals surface area contributed by atoms with Crippen molar-refractivity contribution in [3.63, 3.8) is 0 Å². The maximum Gasteiger partial charge on any atom is 0.636 e. The monoisotopic (exact) mass is 279 g/mol. The highest BCUT2D eigenvalue weighted by Crippen LogP contribution is 1.93. The van der Waals surface area contributed by atoms with Crippen molar-refractivity contribution in [2.24, 2.45) is 0 Å². The molecular weight excluding hydrogens is 249 g/mol. The van der Waals surface area contributed by atoms with E-state index in [4.69, 9.17) is 24.5 Å². The molecule has 116 valence electrons. The zero-order chi connectivity index (χ0) is 14.8. The zero-order valence-corrected chi connectivity index (χ0v) is 12.3. The molecule has 0 aromatic carbocycles. The molecule has 0 atom stereocenters. The van der Waals surface area contributed by atoms with Gasteiger partial charge in [0.1, 0.15) is 0 Å². The number of aliphatic hydroxyl groups excluding tert-OH is 2. The van der Waals surface area contributed by atoms with Crippen molar-refractivity contribution in [1.29, 1.82) is 0 Å². The molecule has 0 rings (SSSR count). The summed E-state index contributed by atoms with van der Waals surface area (Å²) in [7, 11) is -1.02. The summed E-state index contributed by atoms with van der Waals surface area (Å²) in [4.78, 5) is 0. The predicted octanol–water partition coefficient (Wildman–Crippen LogP) is 0.158. The Bertz CT molecular complexity index is 140. The van der Waals surface area contributed by atoms with Gasteiger partial charge in [0.2, 0.25) is 0 Å². The quantitative estimate of drug-likeness (QED) is 0.300. The smallest absolute Gasteiger partial charge is 0.402 e. The molecule has 0 fully saturated rings. The lowest BCUT2D eigenvalue weighted by Gasteiger charge is -2.07. The molecule has 7 heteroatoms. The van der Waals surface area contributed by atoms with Gasteiger partial charge in [-0.05, 0) is 12.8 Å². The summed E-state index contributed by atoms with van der Waals surface area (Å²) >= 11 is 0. The van der Waals surface area contributed by atoms with Crippen LogP contribution in [0, 0.1) is 0 Å². The molecule has 0 bridgehead atoms. The van der Waals surface area contributed by atoms with E-state index < -0.39 is 7.32 Å². The summed E-state index contributed by atoms with van der Waals surface area (Å²) in [5.74, 6) is 0. The average molecular weight is 279 g/mol. The molecule has 0 aromatic rings. The first-order valence-electron chi connectivity index (χ1n) is 7.06. The molecule has 0 aliphatic heterocycles. The van der Waals surface area contributed by atoms with Crippen molar-refractivity contribution in [2.45, 2.75) is 39.5 Å². The molecule has 4 N–H and O–H groups in total. The normalized spacial score (nSPS) is 9.95. The van der Waals surface area contributed by atoms with E-state index in [2.05, 4.69) is 19.2 Å². The summed E-state index contributed by atoms with van der Waals surface area (Å²) in [6, 6.07) is 0. The number of hydrogen-bond donors (Lipinski definition) is 4. The van der Waals surface area contributed by atoms with E-state index in [1.165, 1.54) is 0 Å². The Kier molecular flexibility index (Phi) is 22.4. The van der Waals surface area contributed by atoms with E-state index in [9.17, 15) is 0 Å². The lowest BCUT2D eigenvalue weighted by atomic mass is 10.2. The van der Waals surface area contributed by atoms with Gasteiger partial charge >= 0.3 is 7.32 Å². The highest BCUT2D eigenvalue weighted by Gasteiger charge is 2.13. The van der Waals surface area contributed by atoms with Gasteiger partial charge in [0.15, 0.2) is 0 Å². The van der Waals surface area contributed by atoms with Crippen molar-refractivity contribution in [2.75, 3.05) is 39.5 Å². The second-order valence-corrected chi connectivity index (χ2v) is 3.95. The summed E-state index contributed by atoms with van der Waals surface area (Å²) in [5.41, 5.74) is 0. The van der Waals surface area contributed by atoms with Crippen LogP contribution in [0.4, 0.5) is 0 Å². The summed E-state index contributed by atoms with van der Waals surface area (Å²) in [5, 5.41) is 28.1. The van der Waals surface area contributed by atoms with Gasteiger partial charge in [-0.1, -0.05) is 26.7 Å². The van der Waals surface area contributed by atoms with E-state index in [-0.39, 0.29) is 13.2 Å². The SMILES string of the molecule is CCCCOB(O)OCCCC.OCCNCCO. The van der Waals surface area contributed by atoms with Crippen molar-refractivity contribution in [1.82, 2.24) is 5.32 Å².